The fourth-order valence-corrected chi connectivity index (χ4v) is 1.65. The van der Waals surface area contributed by atoms with Crippen molar-refractivity contribution in [1.29, 1.82) is 0 Å². The van der Waals surface area contributed by atoms with E-state index in [2.05, 4.69) is 0 Å². The molecule has 4 heteroatoms. The van der Waals surface area contributed by atoms with Crippen molar-refractivity contribution in [3.8, 4) is 0 Å². The van der Waals surface area contributed by atoms with Crippen molar-refractivity contribution in [3.63, 3.8) is 0 Å². The van der Waals surface area contributed by atoms with Crippen molar-refractivity contribution in [2.75, 3.05) is 6.54 Å². The van der Waals surface area contributed by atoms with Crippen molar-refractivity contribution < 1.29 is 14.3 Å². The Kier molecular flexibility index (Phi) is 1.48. The molecule has 0 bridgehead atoms. The topological polar surface area (TPSA) is 49.9 Å². The standard InChI is InChI=1S/C11H7NO3/c13-10-8-3-1-2-4-9(8)11(14)12(10)5-7-6-15-7/h1-4,6H,5H2. The summed E-state index contributed by atoms with van der Waals surface area (Å²) in [6, 6.07) is 6.83. The van der Waals surface area contributed by atoms with E-state index in [0.29, 0.717) is 16.9 Å². The largest absolute Gasteiger partial charge is 0.461 e. The summed E-state index contributed by atoms with van der Waals surface area (Å²) in [5.74, 6) is 0.184. The minimum Gasteiger partial charge on any atom is -0.461 e. The van der Waals surface area contributed by atoms with E-state index in [4.69, 9.17) is 4.74 Å². The number of fused-ring (bicyclic) bond motifs is 1. The molecule has 3 rings (SSSR count). The van der Waals surface area contributed by atoms with Gasteiger partial charge in [-0.1, -0.05) is 12.1 Å². The van der Waals surface area contributed by atoms with E-state index < -0.39 is 0 Å². The second-order valence-corrected chi connectivity index (χ2v) is 3.44. The molecule has 0 saturated carbocycles. The van der Waals surface area contributed by atoms with E-state index in [-0.39, 0.29) is 18.4 Å². The van der Waals surface area contributed by atoms with E-state index in [1.807, 2.05) is 0 Å². The number of benzene rings is 1. The van der Waals surface area contributed by atoms with Gasteiger partial charge in [-0.15, -0.1) is 0 Å². The van der Waals surface area contributed by atoms with Gasteiger partial charge in [0.1, 0.15) is 6.26 Å². The lowest BCUT2D eigenvalue weighted by Gasteiger charge is -2.09. The molecule has 2 amide bonds. The molecule has 74 valence electrons. The molecule has 0 spiro atoms. The lowest BCUT2D eigenvalue weighted by atomic mass is 10.1. The van der Waals surface area contributed by atoms with E-state index in [1.165, 1.54) is 11.2 Å². The molecule has 1 aromatic carbocycles. The third-order valence-corrected chi connectivity index (χ3v) is 2.48. The van der Waals surface area contributed by atoms with Crippen LogP contribution in [0.1, 0.15) is 20.7 Å². The lowest BCUT2D eigenvalue weighted by Crippen LogP contribution is -2.30. The van der Waals surface area contributed by atoms with Crippen molar-refractivity contribution >= 4 is 11.8 Å². The summed E-state index contributed by atoms with van der Waals surface area (Å²) >= 11 is 0. The summed E-state index contributed by atoms with van der Waals surface area (Å²) in [7, 11) is 0. The maximum Gasteiger partial charge on any atom is 0.261 e. The highest BCUT2D eigenvalue weighted by Crippen LogP contribution is 2.25. The number of rotatable bonds is 2. The van der Waals surface area contributed by atoms with Crippen LogP contribution in [-0.2, 0) is 4.74 Å². The zero-order chi connectivity index (χ0) is 10.4. The zero-order valence-corrected chi connectivity index (χ0v) is 7.77. The van der Waals surface area contributed by atoms with Crippen molar-refractivity contribution in [3.05, 3.63) is 47.4 Å². The minimum absolute atomic E-state index is 0.242. The van der Waals surface area contributed by atoms with Gasteiger partial charge in [-0.25, -0.2) is 0 Å². The Balaban J connectivity index is 2.00. The summed E-state index contributed by atoms with van der Waals surface area (Å²) in [5, 5.41) is 0. The fourth-order valence-electron chi connectivity index (χ4n) is 1.65. The first-order chi connectivity index (χ1) is 7.27. The molecular formula is C11H7NO3. The summed E-state index contributed by atoms with van der Waals surface area (Å²) in [6.07, 6.45) is 1.53. The highest BCUT2D eigenvalue weighted by molar-refractivity contribution is 6.21. The summed E-state index contributed by atoms with van der Waals surface area (Å²) < 4.78 is 4.81. The van der Waals surface area contributed by atoms with Crippen molar-refractivity contribution in [1.82, 2.24) is 4.90 Å². The smallest absolute Gasteiger partial charge is 0.261 e. The normalized spacial score (nSPS) is 17.3. The molecule has 0 unspecified atom stereocenters. The van der Waals surface area contributed by atoms with Crippen molar-refractivity contribution in [2.45, 2.75) is 0 Å². The Morgan fingerprint density at radius 3 is 2.07 bits per heavy atom. The van der Waals surface area contributed by atoms with E-state index in [9.17, 15) is 9.59 Å². The van der Waals surface area contributed by atoms with Crippen LogP contribution in [0.2, 0.25) is 0 Å². The fraction of sp³-hybridized carbons (Fsp3) is 0.0909. The van der Waals surface area contributed by atoms with E-state index in [1.54, 1.807) is 24.3 Å². The van der Waals surface area contributed by atoms with Crippen LogP contribution >= 0.6 is 0 Å². The number of nitrogens with zero attached hydrogens (tertiary/aromatic N) is 1. The molecule has 2 heterocycles. The van der Waals surface area contributed by atoms with Crippen LogP contribution < -0.4 is 0 Å². The molecule has 0 fully saturated rings. The maximum atomic E-state index is 11.8. The first-order valence-electron chi connectivity index (χ1n) is 4.58. The minimum atomic E-state index is -0.244. The van der Waals surface area contributed by atoms with Crippen molar-refractivity contribution in [2.24, 2.45) is 0 Å². The van der Waals surface area contributed by atoms with Gasteiger partial charge in [-0.3, -0.25) is 14.5 Å². The monoisotopic (exact) mass is 201 g/mol. The second-order valence-electron chi connectivity index (χ2n) is 3.44. The molecule has 0 aliphatic carbocycles. The first-order valence-corrected chi connectivity index (χ1v) is 4.58. The molecule has 4 nitrogen and oxygen atoms in total. The van der Waals surface area contributed by atoms with Gasteiger partial charge in [0.05, 0.1) is 17.7 Å². The molecule has 0 N–H and O–H groups in total. The molecule has 2 aliphatic heterocycles. The number of imide groups is 1. The van der Waals surface area contributed by atoms with Gasteiger partial charge in [0, 0.05) is 0 Å². The third kappa shape index (κ3) is 1.15. The number of hydrogen-bond donors (Lipinski definition) is 0. The highest BCUT2D eigenvalue weighted by Gasteiger charge is 2.36. The van der Waals surface area contributed by atoms with Crippen LogP contribution in [0.25, 0.3) is 0 Å². The third-order valence-electron chi connectivity index (χ3n) is 2.48. The zero-order valence-electron chi connectivity index (χ0n) is 7.77. The molecule has 0 radical (unpaired) electrons. The second kappa shape index (κ2) is 2.70. The van der Waals surface area contributed by atoms with Gasteiger partial charge in [0.25, 0.3) is 11.8 Å². The summed E-state index contributed by atoms with van der Waals surface area (Å²) in [5.41, 5.74) is 0.951. The Morgan fingerprint density at radius 1 is 1.07 bits per heavy atom. The van der Waals surface area contributed by atoms with Crippen LogP contribution in [0.3, 0.4) is 0 Å². The lowest BCUT2D eigenvalue weighted by molar-refractivity contribution is 0.0662. The summed E-state index contributed by atoms with van der Waals surface area (Å²) in [4.78, 5) is 24.8. The molecule has 0 saturated heterocycles. The number of ether oxygens (including phenoxy) is 1. The van der Waals surface area contributed by atoms with Crippen LogP contribution in [0.4, 0.5) is 0 Å². The van der Waals surface area contributed by atoms with E-state index in [0.717, 1.165) is 0 Å². The average Bonchev–Trinajstić information content (AvgIpc) is 3.04. The molecule has 15 heavy (non-hydrogen) atoms. The van der Waals surface area contributed by atoms with Crippen LogP contribution in [0.15, 0.2) is 36.3 Å². The number of amides is 2. The Labute approximate surface area is 85.8 Å². The maximum absolute atomic E-state index is 11.8. The first kappa shape index (κ1) is 8.23. The number of hydrogen-bond acceptors (Lipinski definition) is 3. The molecule has 2 aliphatic rings. The Bertz CT molecular complexity index is 469. The SMILES string of the molecule is O=C1c2ccccc2C(=O)N1CC1=CO1. The van der Waals surface area contributed by atoms with Gasteiger partial charge in [-0.2, -0.15) is 0 Å². The number of carbonyl (C=O) groups excluding carboxylic acids is 2. The Morgan fingerprint density at radius 2 is 1.60 bits per heavy atom. The van der Waals surface area contributed by atoms with E-state index >= 15 is 0 Å². The quantitative estimate of drug-likeness (QED) is 0.674. The summed E-state index contributed by atoms with van der Waals surface area (Å²) in [6.45, 7) is 0.242. The molecular weight excluding hydrogens is 194 g/mol. The van der Waals surface area contributed by atoms with Gasteiger partial charge in [0.15, 0.2) is 5.76 Å². The average molecular weight is 201 g/mol. The highest BCUT2D eigenvalue weighted by atomic mass is 16.5. The van der Waals surface area contributed by atoms with Crippen LogP contribution in [0.5, 0.6) is 0 Å². The molecule has 0 atom stereocenters. The van der Waals surface area contributed by atoms with Crippen LogP contribution in [0, 0.1) is 0 Å². The molecule has 0 aromatic heterocycles. The van der Waals surface area contributed by atoms with Gasteiger partial charge < -0.3 is 4.74 Å². The Hall–Kier alpha value is -2.10. The van der Waals surface area contributed by atoms with Crippen LogP contribution in [-0.4, -0.2) is 23.3 Å². The number of carbonyl (C=O) groups is 2. The van der Waals surface area contributed by atoms with Gasteiger partial charge >= 0.3 is 0 Å². The molecule has 1 aromatic rings. The predicted octanol–water partition coefficient (Wildman–Crippen LogP) is 1.15. The predicted molar refractivity (Wildman–Crippen MR) is 51.0 cm³/mol. The van der Waals surface area contributed by atoms with Gasteiger partial charge in [-0.05, 0) is 12.1 Å². The van der Waals surface area contributed by atoms with Gasteiger partial charge in [0.2, 0.25) is 0 Å².